The topological polar surface area (TPSA) is 36.0 Å². The van der Waals surface area contributed by atoms with E-state index in [0.717, 1.165) is 32.7 Å². The second kappa shape index (κ2) is 7.02. The average molecular weight is 350 g/mol. The molecule has 0 radical (unpaired) electrons. The summed E-state index contributed by atoms with van der Waals surface area (Å²) in [5.74, 6) is 0. The van der Waals surface area contributed by atoms with Crippen LogP contribution < -0.4 is 0 Å². The fraction of sp³-hybridized carbons (Fsp3) is 0.722. The zero-order valence-corrected chi connectivity index (χ0v) is 15.3. The standard InChI is InChI=1S/C18H27N3O2S/c1-14-5-6-15(24-14)11-20-12-16-17(13-20)23-18(22)21(16)10-9-19-7-3-2-4-8-19/h5-6,16-17H,2-4,7-13H2,1H3/t16-,17+/m0/s1. The van der Waals surface area contributed by atoms with Crippen molar-refractivity contribution >= 4 is 17.4 Å². The molecule has 0 aliphatic carbocycles. The van der Waals surface area contributed by atoms with E-state index in [9.17, 15) is 4.79 Å². The summed E-state index contributed by atoms with van der Waals surface area (Å²) in [6.07, 6.45) is 3.90. The highest BCUT2D eigenvalue weighted by molar-refractivity contribution is 7.11. The zero-order valence-electron chi connectivity index (χ0n) is 14.4. The predicted octanol–water partition coefficient (Wildman–Crippen LogP) is 2.55. The van der Waals surface area contributed by atoms with Crippen LogP contribution in [0.3, 0.4) is 0 Å². The van der Waals surface area contributed by atoms with Crippen LogP contribution in [-0.2, 0) is 11.3 Å². The van der Waals surface area contributed by atoms with Crippen molar-refractivity contribution < 1.29 is 9.53 Å². The van der Waals surface area contributed by atoms with Crippen molar-refractivity contribution in [3.05, 3.63) is 21.9 Å². The predicted molar refractivity (Wildman–Crippen MR) is 95.4 cm³/mol. The molecular formula is C18H27N3O2S. The highest BCUT2D eigenvalue weighted by Crippen LogP contribution is 2.29. The van der Waals surface area contributed by atoms with Crippen LogP contribution in [0.1, 0.15) is 29.0 Å². The van der Waals surface area contributed by atoms with Crippen molar-refractivity contribution in [2.75, 3.05) is 39.3 Å². The molecule has 0 N–H and O–H groups in total. The van der Waals surface area contributed by atoms with E-state index in [2.05, 4.69) is 28.9 Å². The Bertz CT molecular complexity index is 585. The van der Waals surface area contributed by atoms with Crippen molar-refractivity contribution in [2.24, 2.45) is 0 Å². The summed E-state index contributed by atoms with van der Waals surface area (Å²) < 4.78 is 5.64. The number of hydrogen-bond donors (Lipinski definition) is 0. The Kier molecular flexibility index (Phi) is 4.79. The lowest BCUT2D eigenvalue weighted by atomic mass is 10.1. The number of aryl methyl sites for hydroxylation is 1. The lowest BCUT2D eigenvalue weighted by Gasteiger charge is -2.29. The summed E-state index contributed by atoms with van der Waals surface area (Å²) in [4.78, 5) is 21.9. The van der Waals surface area contributed by atoms with Crippen LogP contribution in [0.4, 0.5) is 4.79 Å². The Morgan fingerprint density at radius 3 is 2.71 bits per heavy atom. The average Bonchev–Trinajstić information content (AvgIpc) is 3.22. The van der Waals surface area contributed by atoms with Gasteiger partial charge in [-0.3, -0.25) is 9.80 Å². The molecule has 0 saturated carbocycles. The van der Waals surface area contributed by atoms with Crippen molar-refractivity contribution in [1.82, 2.24) is 14.7 Å². The molecule has 3 aliphatic rings. The molecule has 3 fully saturated rings. The van der Waals surface area contributed by atoms with E-state index in [1.54, 1.807) is 0 Å². The lowest BCUT2D eigenvalue weighted by Crippen LogP contribution is -2.43. The smallest absolute Gasteiger partial charge is 0.410 e. The van der Waals surface area contributed by atoms with E-state index in [0.29, 0.717) is 0 Å². The van der Waals surface area contributed by atoms with E-state index >= 15 is 0 Å². The molecule has 3 saturated heterocycles. The number of carbonyl (C=O) groups is 1. The molecule has 0 bridgehead atoms. The van der Waals surface area contributed by atoms with Gasteiger partial charge in [-0.15, -0.1) is 11.3 Å². The third-order valence-corrected chi connectivity index (χ3v) is 6.47. The van der Waals surface area contributed by atoms with Crippen LogP contribution in [0.15, 0.2) is 12.1 Å². The van der Waals surface area contributed by atoms with Crippen molar-refractivity contribution in [3.63, 3.8) is 0 Å². The van der Waals surface area contributed by atoms with Gasteiger partial charge < -0.3 is 9.64 Å². The molecule has 2 atom stereocenters. The molecule has 4 rings (SSSR count). The van der Waals surface area contributed by atoms with Gasteiger partial charge in [0.2, 0.25) is 0 Å². The first-order chi connectivity index (χ1) is 11.7. The van der Waals surface area contributed by atoms with E-state index in [1.807, 2.05) is 16.2 Å². The number of ether oxygens (including phenoxy) is 1. The fourth-order valence-corrected chi connectivity index (χ4v) is 5.12. The Labute approximate surface area is 148 Å². The van der Waals surface area contributed by atoms with Gasteiger partial charge in [-0.1, -0.05) is 6.42 Å². The van der Waals surface area contributed by atoms with Crippen LogP contribution in [0.2, 0.25) is 0 Å². The third kappa shape index (κ3) is 3.46. The first-order valence-electron chi connectivity index (χ1n) is 9.16. The molecule has 1 aromatic rings. The van der Waals surface area contributed by atoms with E-state index in [4.69, 9.17) is 4.74 Å². The SMILES string of the molecule is Cc1ccc(CN2C[C@H]3OC(=O)N(CCN4CCCCC4)[C@H]3C2)s1. The van der Waals surface area contributed by atoms with Gasteiger partial charge in [0.1, 0.15) is 6.10 Å². The number of amides is 1. The Morgan fingerprint density at radius 1 is 1.12 bits per heavy atom. The second-order valence-corrected chi connectivity index (χ2v) is 8.66. The quantitative estimate of drug-likeness (QED) is 0.818. The summed E-state index contributed by atoms with van der Waals surface area (Å²) in [6.45, 7) is 9.09. The summed E-state index contributed by atoms with van der Waals surface area (Å²) in [7, 11) is 0. The summed E-state index contributed by atoms with van der Waals surface area (Å²) in [6, 6.07) is 4.64. The summed E-state index contributed by atoms with van der Waals surface area (Å²) in [5, 5.41) is 0. The molecule has 132 valence electrons. The highest BCUT2D eigenvalue weighted by Gasteiger charge is 2.47. The molecular weight excluding hydrogens is 322 g/mol. The van der Waals surface area contributed by atoms with Gasteiger partial charge in [0.15, 0.2) is 0 Å². The van der Waals surface area contributed by atoms with Gasteiger partial charge in [0.25, 0.3) is 0 Å². The van der Waals surface area contributed by atoms with Gasteiger partial charge in [-0.25, -0.2) is 4.79 Å². The van der Waals surface area contributed by atoms with Crippen molar-refractivity contribution in [1.29, 1.82) is 0 Å². The minimum absolute atomic E-state index is 0.0555. The molecule has 1 aromatic heterocycles. The minimum Gasteiger partial charge on any atom is -0.442 e. The number of likely N-dealkylation sites (tertiary alicyclic amines) is 2. The monoisotopic (exact) mass is 349 g/mol. The number of thiophene rings is 1. The fourth-order valence-electron chi connectivity index (χ4n) is 4.19. The maximum Gasteiger partial charge on any atom is 0.410 e. The summed E-state index contributed by atoms with van der Waals surface area (Å²) in [5.41, 5.74) is 0. The molecule has 6 heteroatoms. The number of nitrogens with zero attached hydrogens (tertiary/aromatic N) is 3. The number of rotatable bonds is 5. The first-order valence-corrected chi connectivity index (χ1v) is 9.98. The molecule has 1 amide bonds. The van der Waals surface area contributed by atoms with Gasteiger partial charge in [-0.2, -0.15) is 0 Å². The van der Waals surface area contributed by atoms with Gasteiger partial charge in [-0.05, 0) is 45.0 Å². The summed E-state index contributed by atoms with van der Waals surface area (Å²) >= 11 is 1.86. The Morgan fingerprint density at radius 2 is 1.96 bits per heavy atom. The van der Waals surface area contributed by atoms with E-state index < -0.39 is 0 Å². The molecule has 24 heavy (non-hydrogen) atoms. The van der Waals surface area contributed by atoms with Gasteiger partial charge in [0.05, 0.1) is 6.04 Å². The van der Waals surface area contributed by atoms with Crippen molar-refractivity contribution in [3.8, 4) is 0 Å². The third-order valence-electron chi connectivity index (χ3n) is 5.48. The van der Waals surface area contributed by atoms with Crippen LogP contribution in [-0.4, -0.2) is 72.2 Å². The van der Waals surface area contributed by atoms with Crippen LogP contribution >= 0.6 is 11.3 Å². The maximum absolute atomic E-state index is 12.2. The zero-order chi connectivity index (χ0) is 16.5. The number of hydrogen-bond acceptors (Lipinski definition) is 5. The number of piperidine rings is 1. The maximum atomic E-state index is 12.2. The largest absolute Gasteiger partial charge is 0.442 e. The number of carbonyl (C=O) groups excluding carboxylic acids is 1. The normalized spacial score (nSPS) is 28.4. The molecule has 4 heterocycles. The van der Waals surface area contributed by atoms with Gasteiger partial charge in [0, 0.05) is 42.5 Å². The van der Waals surface area contributed by atoms with Crippen LogP contribution in [0.25, 0.3) is 0 Å². The Hall–Kier alpha value is -1.11. The van der Waals surface area contributed by atoms with Gasteiger partial charge >= 0.3 is 6.09 Å². The van der Waals surface area contributed by atoms with Crippen LogP contribution in [0.5, 0.6) is 0 Å². The molecule has 0 aromatic carbocycles. The first kappa shape index (κ1) is 16.4. The second-order valence-electron chi connectivity index (χ2n) is 7.29. The van der Waals surface area contributed by atoms with E-state index in [-0.39, 0.29) is 18.2 Å². The van der Waals surface area contributed by atoms with Crippen molar-refractivity contribution in [2.45, 2.75) is 44.9 Å². The lowest BCUT2D eigenvalue weighted by molar-refractivity contribution is 0.117. The minimum atomic E-state index is -0.103. The molecule has 0 spiro atoms. The molecule has 0 unspecified atom stereocenters. The highest BCUT2D eigenvalue weighted by atomic mass is 32.1. The van der Waals surface area contributed by atoms with E-state index in [1.165, 1.54) is 42.1 Å². The number of fused-ring (bicyclic) bond motifs is 1. The van der Waals surface area contributed by atoms with Crippen LogP contribution in [0, 0.1) is 6.92 Å². The molecule has 5 nitrogen and oxygen atoms in total. The Balaban J connectivity index is 1.32. The molecule has 3 aliphatic heterocycles.